The molecule has 1 aromatic carbocycles. The number of unbranched alkanes of at least 4 members (excludes halogenated alkanes) is 4. The van der Waals surface area contributed by atoms with Crippen molar-refractivity contribution in [3.8, 4) is 5.75 Å². The first-order valence-electron chi connectivity index (χ1n) is 36.9. The van der Waals surface area contributed by atoms with E-state index >= 15 is 0 Å². The predicted molar refractivity (Wildman–Crippen MR) is 403 cm³/mol. The highest BCUT2D eigenvalue weighted by Gasteiger charge is 2.39. The Morgan fingerprint density at radius 2 is 0.682 bits per heavy atom. The van der Waals surface area contributed by atoms with Crippen LogP contribution in [0.3, 0.4) is 0 Å². The average Bonchev–Trinajstić information content (AvgIpc) is 0.852. The summed E-state index contributed by atoms with van der Waals surface area (Å²) in [5.41, 5.74) is 34.5. The third kappa shape index (κ3) is 36.9. The molecular weight excluding hydrogens is 1460 g/mol. The Labute approximate surface area is 644 Å². The van der Waals surface area contributed by atoms with Gasteiger partial charge < -0.3 is 129 Å². The fourth-order valence-corrected chi connectivity index (χ4v) is 11.0. The molecule has 40 nitrogen and oxygen atoms in total. The fraction of sp³-hybridized carbons (Fsp3) is 0.681. The van der Waals surface area contributed by atoms with Crippen molar-refractivity contribution in [3.63, 3.8) is 0 Å². The zero-order chi connectivity index (χ0) is 83.3. The van der Waals surface area contributed by atoms with Gasteiger partial charge in [0.25, 0.3) is 0 Å². The molecule has 0 bridgehead atoms. The summed E-state index contributed by atoms with van der Waals surface area (Å²) in [6.07, 6.45) is 1.05. The molecular formula is C69H119N19O21S. The second-order valence-corrected chi connectivity index (χ2v) is 27.4. The molecule has 0 aromatic heterocycles. The Morgan fingerprint density at radius 1 is 0.373 bits per heavy atom. The number of benzene rings is 1. The summed E-state index contributed by atoms with van der Waals surface area (Å²) in [6, 6.07) is -15.6. The van der Waals surface area contributed by atoms with Gasteiger partial charge in [0.05, 0.1) is 25.7 Å². The van der Waals surface area contributed by atoms with E-state index in [-0.39, 0.29) is 63.8 Å². The van der Waals surface area contributed by atoms with Crippen molar-refractivity contribution in [2.45, 2.75) is 242 Å². The first kappa shape index (κ1) is 98.6. The summed E-state index contributed by atoms with van der Waals surface area (Å²) in [4.78, 5) is 216. The number of thiol groups is 1. The number of aliphatic carboxylic acids is 2. The molecule has 30 N–H and O–H groups in total. The highest BCUT2D eigenvalue weighted by molar-refractivity contribution is 7.80. The maximum absolute atomic E-state index is 14.2. The second kappa shape index (κ2) is 53.5. The molecule has 0 fully saturated rings. The monoisotopic (exact) mass is 1580 g/mol. The van der Waals surface area contributed by atoms with Crippen LogP contribution in [0.2, 0.25) is 0 Å². The number of carbonyl (C=O) groups is 16. The molecule has 1 aromatic rings. The lowest BCUT2D eigenvalue weighted by molar-refractivity contribution is -0.142. The van der Waals surface area contributed by atoms with Crippen molar-refractivity contribution in [1.82, 2.24) is 69.1 Å². The van der Waals surface area contributed by atoms with E-state index in [1.54, 1.807) is 0 Å². The van der Waals surface area contributed by atoms with Crippen molar-refractivity contribution >= 4 is 107 Å². The standard InChI is InChI=1S/C69H119N19O21S/c1-7-41(58(98)84-50(34-90)66(106)82-47(31-38-21-23-39(91)24-22-38)63(103)80-45(20-12-16-30-73)60(100)78-43(56(75)96)18-10-14-28-71)76-65(105)49(33-89)85-67(107)51(35-110)86-59(99)42(8-2)77-68(108)54(36(3)4)88-69(109)55(37(5)6)87-64(104)48(32-53(94)95)83-62(102)46(25-26-52(92)93)81-61(101)44(19-11-15-29-72)79-57(97)40(74)17-9-13-27-70/h21-24,36-37,40-51,54-55,89-91,110H,7-20,25-35,70-74H2,1-6H3,(H2,75,96)(H,76,105)(H,77,108)(H,78,100)(H,79,97)(H,80,103)(H,81,101)(H,82,106)(H,83,102)(H,84,98)(H,85,107)(H,86,99)(H,87,104)(H,88,109)(H,92,93)(H,94,95)/t40-,41-,42-,43-,44-,45-,46-,47-,48-,49-,50-,51-,54-,55-/m0/s1. The van der Waals surface area contributed by atoms with Gasteiger partial charge in [-0.3, -0.25) is 76.7 Å². The molecule has 0 unspecified atom stereocenters. The number of hydrogen-bond acceptors (Lipinski definition) is 25. The summed E-state index contributed by atoms with van der Waals surface area (Å²) in [7, 11) is 0. The molecule has 14 amide bonds. The molecule has 0 spiro atoms. The van der Waals surface area contributed by atoms with Gasteiger partial charge in [-0.1, -0.05) is 60.1 Å². The van der Waals surface area contributed by atoms with Crippen molar-refractivity contribution < 1.29 is 102 Å². The highest BCUT2D eigenvalue weighted by atomic mass is 32.1. The summed E-state index contributed by atoms with van der Waals surface area (Å²) in [5, 5.41) is 81.7. The number of phenols is 1. The summed E-state index contributed by atoms with van der Waals surface area (Å²) < 4.78 is 0. The molecule has 0 aliphatic carbocycles. The van der Waals surface area contributed by atoms with Crippen LogP contribution in [0.5, 0.6) is 5.75 Å². The molecule has 110 heavy (non-hydrogen) atoms. The zero-order valence-electron chi connectivity index (χ0n) is 63.4. The molecule has 0 saturated heterocycles. The van der Waals surface area contributed by atoms with E-state index in [1.165, 1.54) is 65.8 Å². The molecule has 0 aliphatic rings. The second-order valence-electron chi connectivity index (χ2n) is 27.0. The summed E-state index contributed by atoms with van der Waals surface area (Å²) >= 11 is 4.18. The van der Waals surface area contributed by atoms with Crippen LogP contribution in [0.1, 0.15) is 156 Å². The Kier molecular flexibility index (Phi) is 47.9. The first-order chi connectivity index (χ1) is 52.0. The number of carboxylic acids is 2. The average molecular weight is 1580 g/mol. The van der Waals surface area contributed by atoms with Crippen LogP contribution in [-0.4, -0.2) is 250 Å². The number of hydrogen-bond donors (Lipinski definition) is 25. The normalized spacial score (nSPS) is 15.0. The third-order valence-electron chi connectivity index (χ3n) is 17.4. The lowest BCUT2D eigenvalue weighted by atomic mass is 9.98. The Bertz CT molecular complexity index is 3180. The van der Waals surface area contributed by atoms with Crippen LogP contribution in [0.15, 0.2) is 24.3 Å². The minimum atomic E-state index is -1.97. The van der Waals surface area contributed by atoms with Gasteiger partial charge >= 0.3 is 11.9 Å². The number of amides is 14. The number of aromatic hydroxyl groups is 1. The van der Waals surface area contributed by atoms with Gasteiger partial charge in [-0.15, -0.1) is 0 Å². The maximum Gasteiger partial charge on any atom is 0.305 e. The Hall–Kier alpha value is -9.39. The SMILES string of the molecule is CC[C@H](NC(=O)[C@H](CO)NC(=O)[C@H](CS)NC(=O)[C@H](CC)NC(=O)[C@@H](NC(=O)[C@@H](NC(=O)[C@H](CC(=O)O)NC(=O)[C@H](CCC(=O)O)NC(=O)[C@H](CCCCN)NC(=O)[C@@H](N)CCCCN)C(C)C)C(C)C)C(=O)N[C@@H](CO)C(=O)N[C@@H](Cc1ccc(O)cc1)C(=O)N[C@@H](CCCCN)C(=O)N[C@@H](CCCCN)C(N)=O. The van der Waals surface area contributed by atoms with E-state index < -0.39 is 229 Å². The van der Waals surface area contributed by atoms with Gasteiger partial charge in [-0.05, 0) is 146 Å². The molecule has 41 heteroatoms. The molecule has 0 radical (unpaired) electrons. The molecule has 0 aliphatic heterocycles. The number of primary amides is 1. The molecule has 0 heterocycles. The minimum Gasteiger partial charge on any atom is -0.508 e. The highest BCUT2D eigenvalue weighted by Crippen LogP contribution is 2.16. The largest absolute Gasteiger partial charge is 0.508 e. The number of aliphatic hydroxyl groups excluding tert-OH is 2. The fourth-order valence-electron chi connectivity index (χ4n) is 10.8. The van der Waals surface area contributed by atoms with E-state index in [2.05, 4.69) is 81.7 Å². The van der Waals surface area contributed by atoms with Crippen LogP contribution >= 0.6 is 12.6 Å². The predicted octanol–water partition coefficient (Wildman–Crippen LogP) is -7.05. The van der Waals surface area contributed by atoms with Gasteiger partial charge in [-0.25, -0.2) is 0 Å². The number of aliphatic hydroxyl groups is 2. The van der Waals surface area contributed by atoms with E-state index in [4.69, 9.17) is 34.4 Å². The van der Waals surface area contributed by atoms with E-state index in [0.717, 1.165) is 0 Å². The number of rotatable bonds is 57. The summed E-state index contributed by atoms with van der Waals surface area (Å²) in [6.45, 7) is 7.91. The van der Waals surface area contributed by atoms with E-state index in [1.807, 2.05) is 0 Å². The van der Waals surface area contributed by atoms with Crippen LogP contribution in [0.4, 0.5) is 0 Å². The van der Waals surface area contributed by atoms with Gasteiger partial charge in [0.15, 0.2) is 0 Å². The number of nitrogens with two attached hydrogens (primary N) is 6. The molecule has 622 valence electrons. The Morgan fingerprint density at radius 3 is 1.08 bits per heavy atom. The first-order valence-corrected chi connectivity index (χ1v) is 37.5. The van der Waals surface area contributed by atoms with Gasteiger partial charge in [-0.2, -0.15) is 12.6 Å². The van der Waals surface area contributed by atoms with Gasteiger partial charge in [0, 0.05) is 18.6 Å². The molecule has 1 rings (SSSR count). The topological polar surface area (TPSA) is 687 Å². The Balaban J connectivity index is 3.33. The van der Waals surface area contributed by atoms with Gasteiger partial charge in [0.1, 0.15) is 84.3 Å². The van der Waals surface area contributed by atoms with Crippen molar-refractivity contribution in [3.05, 3.63) is 29.8 Å². The number of carbonyl (C=O) groups excluding carboxylic acids is 14. The van der Waals surface area contributed by atoms with Crippen LogP contribution < -0.4 is 104 Å². The van der Waals surface area contributed by atoms with Crippen LogP contribution in [0, 0.1) is 11.8 Å². The van der Waals surface area contributed by atoms with Crippen molar-refractivity contribution in [1.29, 1.82) is 0 Å². The van der Waals surface area contributed by atoms with E-state index in [0.29, 0.717) is 70.0 Å². The summed E-state index contributed by atoms with van der Waals surface area (Å²) in [5.74, 6) is -19.1. The minimum absolute atomic E-state index is 0.0133. The van der Waals surface area contributed by atoms with Crippen LogP contribution in [0.25, 0.3) is 0 Å². The third-order valence-corrected chi connectivity index (χ3v) is 17.8. The number of phenolic OH excluding ortho intramolecular Hbond substituents is 1. The zero-order valence-corrected chi connectivity index (χ0v) is 64.3. The maximum atomic E-state index is 14.2. The molecule has 14 atom stereocenters. The van der Waals surface area contributed by atoms with Gasteiger partial charge in [0.2, 0.25) is 82.7 Å². The smallest absolute Gasteiger partial charge is 0.305 e. The van der Waals surface area contributed by atoms with E-state index in [9.17, 15) is 102 Å². The number of nitrogens with one attached hydrogen (secondary N) is 13. The lowest BCUT2D eigenvalue weighted by Gasteiger charge is -2.30. The molecule has 0 saturated carbocycles. The quantitative estimate of drug-likeness (QED) is 0.0213. The van der Waals surface area contributed by atoms with Crippen LogP contribution in [-0.2, 0) is 83.1 Å². The lowest BCUT2D eigenvalue weighted by Crippen LogP contribution is -2.62. The van der Waals surface area contributed by atoms with Crippen molar-refractivity contribution in [2.75, 3.05) is 45.1 Å². The van der Waals surface area contributed by atoms with Crippen molar-refractivity contribution in [2.24, 2.45) is 46.2 Å². The number of carboxylic acid groups (broad SMARTS) is 2.